The number of carbonyl (C=O) groups is 1. The van der Waals surface area contributed by atoms with Crippen molar-refractivity contribution in [1.82, 2.24) is 10.2 Å². The second-order valence-corrected chi connectivity index (χ2v) is 6.39. The molecule has 1 amide bonds. The van der Waals surface area contributed by atoms with Crippen LogP contribution in [0, 0.1) is 0 Å². The van der Waals surface area contributed by atoms with E-state index in [1.54, 1.807) is 4.90 Å². The van der Waals surface area contributed by atoms with Gasteiger partial charge in [-0.15, -0.1) is 0 Å². The van der Waals surface area contributed by atoms with Crippen LogP contribution in [-0.4, -0.2) is 36.2 Å². The van der Waals surface area contributed by atoms with Crippen LogP contribution < -0.4 is 5.32 Å². The van der Waals surface area contributed by atoms with Crippen molar-refractivity contribution < 1.29 is 9.53 Å². The molecule has 1 fully saturated rings. The van der Waals surface area contributed by atoms with Crippen LogP contribution in [0.2, 0.25) is 5.02 Å². The zero-order chi connectivity index (χ0) is 14.8. The molecule has 1 atom stereocenters. The van der Waals surface area contributed by atoms with Crippen molar-refractivity contribution in [3.05, 3.63) is 34.9 Å². The van der Waals surface area contributed by atoms with Crippen LogP contribution in [-0.2, 0) is 4.74 Å². The number of halogens is 1. The molecule has 20 heavy (non-hydrogen) atoms. The summed E-state index contributed by atoms with van der Waals surface area (Å²) in [7, 11) is 0. The van der Waals surface area contributed by atoms with Gasteiger partial charge in [-0.1, -0.05) is 23.7 Å². The average Bonchev–Trinajstić information content (AvgIpc) is 2.37. The second-order valence-electron chi connectivity index (χ2n) is 5.95. The van der Waals surface area contributed by atoms with E-state index in [0.29, 0.717) is 18.1 Å². The lowest BCUT2D eigenvalue weighted by Gasteiger charge is -2.37. The van der Waals surface area contributed by atoms with E-state index in [2.05, 4.69) is 5.32 Å². The Bertz CT molecular complexity index is 485. The largest absolute Gasteiger partial charge is 0.444 e. The predicted molar refractivity (Wildman–Crippen MR) is 80.0 cm³/mol. The molecule has 0 saturated carbocycles. The van der Waals surface area contributed by atoms with Crippen LogP contribution in [0.4, 0.5) is 4.79 Å². The van der Waals surface area contributed by atoms with E-state index in [1.807, 2.05) is 45.0 Å². The Morgan fingerprint density at radius 3 is 2.85 bits per heavy atom. The Hall–Kier alpha value is -1.26. The van der Waals surface area contributed by atoms with Crippen molar-refractivity contribution in [1.29, 1.82) is 0 Å². The Balaban J connectivity index is 2.19. The lowest BCUT2D eigenvalue weighted by atomic mass is 10.0. The van der Waals surface area contributed by atoms with Gasteiger partial charge in [0.2, 0.25) is 0 Å². The normalized spacial score (nSPS) is 19.8. The fourth-order valence-electron chi connectivity index (χ4n) is 2.26. The van der Waals surface area contributed by atoms with Crippen LogP contribution in [0.15, 0.2) is 24.3 Å². The zero-order valence-electron chi connectivity index (χ0n) is 12.1. The molecule has 0 unspecified atom stereocenters. The zero-order valence-corrected chi connectivity index (χ0v) is 12.9. The highest BCUT2D eigenvalue weighted by molar-refractivity contribution is 6.30. The van der Waals surface area contributed by atoms with Crippen molar-refractivity contribution in [2.45, 2.75) is 32.4 Å². The minimum absolute atomic E-state index is 0.0442. The lowest BCUT2D eigenvalue weighted by Crippen LogP contribution is -2.50. The highest BCUT2D eigenvalue weighted by Crippen LogP contribution is 2.26. The molecule has 5 heteroatoms. The summed E-state index contributed by atoms with van der Waals surface area (Å²) in [6.07, 6.45) is -0.274. The van der Waals surface area contributed by atoms with Gasteiger partial charge in [-0.3, -0.25) is 4.90 Å². The van der Waals surface area contributed by atoms with Crippen molar-refractivity contribution in [2.75, 3.05) is 19.6 Å². The molecule has 1 aliphatic heterocycles. The molecule has 0 radical (unpaired) electrons. The molecule has 0 spiro atoms. The van der Waals surface area contributed by atoms with E-state index >= 15 is 0 Å². The van der Waals surface area contributed by atoms with Gasteiger partial charge in [0.05, 0.1) is 6.04 Å². The van der Waals surface area contributed by atoms with Gasteiger partial charge in [-0.05, 0) is 38.5 Å². The van der Waals surface area contributed by atoms with Gasteiger partial charge in [-0.2, -0.15) is 0 Å². The number of benzene rings is 1. The van der Waals surface area contributed by atoms with E-state index in [0.717, 1.165) is 12.1 Å². The van der Waals surface area contributed by atoms with Gasteiger partial charge in [0.25, 0.3) is 0 Å². The fraction of sp³-hybridized carbons (Fsp3) is 0.533. The number of ether oxygens (including phenoxy) is 1. The van der Waals surface area contributed by atoms with E-state index in [9.17, 15) is 4.79 Å². The van der Waals surface area contributed by atoms with Gasteiger partial charge < -0.3 is 10.1 Å². The van der Waals surface area contributed by atoms with Crippen LogP contribution in [0.3, 0.4) is 0 Å². The van der Waals surface area contributed by atoms with Crippen molar-refractivity contribution in [2.24, 2.45) is 0 Å². The van der Waals surface area contributed by atoms with E-state index in [4.69, 9.17) is 16.3 Å². The minimum Gasteiger partial charge on any atom is -0.444 e. The Labute approximate surface area is 125 Å². The first-order valence-corrected chi connectivity index (χ1v) is 7.20. The number of nitrogens with one attached hydrogen (secondary N) is 1. The first-order valence-electron chi connectivity index (χ1n) is 6.82. The number of amides is 1. The fourth-order valence-corrected chi connectivity index (χ4v) is 2.45. The van der Waals surface area contributed by atoms with Crippen LogP contribution >= 0.6 is 11.6 Å². The Kier molecular flexibility index (Phi) is 4.55. The molecule has 0 bridgehead atoms. The number of piperazine rings is 1. The summed E-state index contributed by atoms with van der Waals surface area (Å²) in [4.78, 5) is 14.1. The highest BCUT2D eigenvalue weighted by Gasteiger charge is 2.31. The molecule has 1 aliphatic rings. The molecule has 1 aromatic rings. The molecule has 4 nitrogen and oxygen atoms in total. The molecule has 0 aliphatic carbocycles. The van der Waals surface area contributed by atoms with Gasteiger partial charge >= 0.3 is 6.09 Å². The van der Waals surface area contributed by atoms with Crippen molar-refractivity contribution >= 4 is 17.7 Å². The first-order chi connectivity index (χ1) is 9.37. The summed E-state index contributed by atoms with van der Waals surface area (Å²) in [6.45, 7) is 7.74. The van der Waals surface area contributed by atoms with Crippen molar-refractivity contribution in [3.63, 3.8) is 0 Å². The number of carbonyl (C=O) groups excluding carboxylic acids is 1. The number of hydrogen-bond donors (Lipinski definition) is 1. The summed E-state index contributed by atoms with van der Waals surface area (Å²) in [5, 5.41) is 3.99. The van der Waals surface area contributed by atoms with E-state index < -0.39 is 5.60 Å². The molecule has 0 aromatic heterocycles. The number of hydrogen-bond acceptors (Lipinski definition) is 3. The molecular formula is C15H21ClN2O2. The maximum atomic E-state index is 12.3. The molecule has 110 valence electrons. The lowest BCUT2D eigenvalue weighted by molar-refractivity contribution is 0.0118. The second kappa shape index (κ2) is 6.02. The van der Waals surface area contributed by atoms with Crippen LogP contribution in [0.5, 0.6) is 0 Å². The topological polar surface area (TPSA) is 41.6 Å². The standard InChI is InChI=1S/C15H21ClN2O2/c1-15(2,3)20-14(19)18-8-7-17-10-13(18)11-5-4-6-12(16)9-11/h4-6,9,13,17H,7-8,10H2,1-3H3/t13-/m0/s1. The maximum Gasteiger partial charge on any atom is 0.410 e. The third-order valence-corrected chi connectivity index (χ3v) is 3.34. The predicted octanol–water partition coefficient (Wildman–Crippen LogP) is 3.22. The summed E-state index contributed by atoms with van der Waals surface area (Å²) in [6, 6.07) is 7.58. The monoisotopic (exact) mass is 296 g/mol. The molecule has 1 N–H and O–H groups in total. The van der Waals surface area contributed by atoms with Crippen molar-refractivity contribution in [3.8, 4) is 0 Å². The molecule has 1 saturated heterocycles. The smallest absolute Gasteiger partial charge is 0.410 e. The number of rotatable bonds is 1. The maximum absolute atomic E-state index is 12.3. The minimum atomic E-state index is -0.485. The molecule has 1 aromatic carbocycles. The molecular weight excluding hydrogens is 276 g/mol. The third kappa shape index (κ3) is 3.87. The summed E-state index contributed by atoms with van der Waals surface area (Å²) in [5.74, 6) is 0. The van der Waals surface area contributed by atoms with Crippen LogP contribution in [0.1, 0.15) is 32.4 Å². The highest BCUT2D eigenvalue weighted by atomic mass is 35.5. The Morgan fingerprint density at radius 2 is 2.20 bits per heavy atom. The summed E-state index contributed by atoms with van der Waals surface area (Å²) in [5.41, 5.74) is 0.538. The van der Waals surface area contributed by atoms with Gasteiger partial charge in [0, 0.05) is 24.7 Å². The van der Waals surface area contributed by atoms with E-state index in [-0.39, 0.29) is 12.1 Å². The van der Waals surface area contributed by atoms with Gasteiger partial charge in [-0.25, -0.2) is 4.79 Å². The quantitative estimate of drug-likeness (QED) is 0.865. The van der Waals surface area contributed by atoms with Gasteiger partial charge in [0.15, 0.2) is 0 Å². The van der Waals surface area contributed by atoms with Crippen LogP contribution in [0.25, 0.3) is 0 Å². The number of nitrogens with zero attached hydrogens (tertiary/aromatic N) is 1. The van der Waals surface area contributed by atoms with Gasteiger partial charge in [0.1, 0.15) is 5.60 Å². The molecule has 2 rings (SSSR count). The SMILES string of the molecule is CC(C)(C)OC(=O)N1CCNC[C@H]1c1cccc(Cl)c1. The first kappa shape index (κ1) is 15.1. The average molecular weight is 297 g/mol. The third-order valence-electron chi connectivity index (χ3n) is 3.10. The summed E-state index contributed by atoms with van der Waals surface area (Å²) < 4.78 is 5.49. The summed E-state index contributed by atoms with van der Waals surface area (Å²) >= 11 is 6.04. The molecule has 1 heterocycles. The Morgan fingerprint density at radius 1 is 1.45 bits per heavy atom. The van der Waals surface area contributed by atoms with E-state index in [1.165, 1.54) is 0 Å².